The first kappa shape index (κ1) is 16.1. The second kappa shape index (κ2) is 7.67. The smallest absolute Gasteiger partial charge is 0.321 e. The number of carbonyl (C=O) groups is 1. The van der Waals surface area contributed by atoms with Gasteiger partial charge >= 0.3 is 6.01 Å². The zero-order valence-electron chi connectivity index (χ0n) is 13.6. The molecule has 0 bridgehead atoms. The minimum absolute atomic E-state index is 0.106. The summed E-state index contributed by atoms with van der Waals surface area (Å²) in [4.78, 5) is 31.1. The molecule has 1 saturated heterocycles. The molecular formula is C16H20N6O2. The van der Waals surface area contributed by atoms with E-state index in [1.165, 1.54) is 7.11 Å². The molecule has 24 heavy (non-hydrogen) atoms. The molecule has 1 amide bonds. The monoisotopic (exact) mass is 328 g/mol. The summed E-state index contributed by atoms with van der Waals surface area (Å²) in [6, 6.07) is 3.94. The predicted molar refractivity (Wildman–Crippen MR) is 87.6 cm³/mol. The molecule has 1 fully saturated rings. The molecule has 0 saturated carbocycles. The Morgan fingerprint density at radius 3 is 2.83 bits per heavy atom. The Hall–Kier alpha value is -2.77. The highest BCUT2D eigenvalue weighted by molar-refractivity contribution is 5.78. The van der Waals surface area contributed by atoms with Gasteiger partial charge in [0.15, 0.2) is 5.82 Å². The van der Waals surface area contributed by atoms with E-state index in [2.05, 4.69) is 30.2 Å². The van der Waals surface area contributed by atoms with Crippen LogP contribution in [0, 0.1) is 0 Å². The molecule has 0 aromatic carbocycles. The van der Waals surface area contributed by atoms with Crippen LogP contribution in [-0.2, 0) is 17.8 Å². The maximum Gasteiger partial charge on any atom is 0.321 e. The number of methoxy groups -OCH3 is 1. The number of ether oxygens (including phenoxy) is 1. The SMILES string of the molecule is COc1nc(CNC(=O)Cc2cccnc2)nc(N2CCCC2)n1. The quantitative estimate of drug-likeness (QED) is 0.835. The zero-order chi connectivity index (χ0) is 16.8. The maximum absolute atomic E-state index is 12.0. The standard InChI is InChI=1S/C16H20N6O2/c1-24-16-20-13(19-15(21-16)22-7-2-3-8-22)11-18-14(23)9-12-5-4-6-17-10-12/h4-6,10H,2-3,7-9,11H2,1H3,(H,18,23). The summed E-state index contributed by atoms with van der Waals surface area (Å²) in [5, 5.41) is 2.82. The van der Waals surface area contributed by atoms with Crippen molar-refractivity contribution in [3.8, 4) is 6.01 Å². The highest BCUT2D eigenvalue weighted by Crippen LogP contribution is 2.17. The van der Waals surface area contributed by atoms with Crippen molar-refractivity contribution in [2.45, 2.75) is 25.8 Å². The Balaban J connectivity index is 1.63. The molecule has 0 aliphatic carbocycles. The van der Waals surface area contributed by atoms with Crippen molar-refractivity contribution >= 4 is 11.9 Å². The Bertz CT molecular complexity index is 688. The topological polar surface area (TPSA) is 93.1 Å². The van der Waals surface area contributed by atoms with E-state index in [0.717, 1.165) is 31.5 Å². The summed E-state index contributed by atoms with van der Waals surface area (Å²) in [5.41, 5.74) is 0.862. The lowest BCUT2D eigenvalue weighted by atomic mass is 10.2. The van der Waals surface area contributed by atoms with E-state index in [-0.39, 0.29) is 24.9 Å². The van der Waals surface area contributed by atoms with Crippen LogP contribution in [0.5, 0.6) is 6.01 Å². The maximum atomic E-state index is 12.0. The van der Waals surface area contributed by atoms with Gasteiger partial charge in [0.25, 0.3) is 0 Å². The van der Waals surface area contributed by atoms with E-state index in [4.69, 9.17) is 4.74 Å². The number of pyridine rings is 1. The number of hydrogen-bond donors (Lipinski definition) is 1. The summed E-state index contributed by atoms with van der Waals surface area (Å²) >= 11 is 0. The Morgan fingerprint density at radius 1 is 1.29 bits per heavy atom. The largest absolute Gasteiger partial charge is 0.467 e. The first-order valence-corrected chi connectivity index (χ1v) is 7.94. The Morgan fingerprint density at radius 2 is 2.12 bits per heavy atom. The van der Waals surface area contributed by atoms with E-state index in [1.54, 1.807) is 12.4 Å². The average Bonchev–Trinajstić information content (AvgIpc) is 3.15. The van der Waals surface area contributed by atoms with Crippen LogP contribution in [0.2, 0.25) is 0 Å². The minimum atomic E-state index is -0.106. The van der Waals surface area contributed by atoms with Crippen LogP contribution in [0.15, 0.2) is 24.5 Å². The van der Waals surface area contributed by atoms with E-state index in [9.17, 15) is 4.79 Å². The van der Waals surface area contributed by atoms with Gasteiger partial charge in [-0.1, -0.05) is 6.07 Å². The van der Waals surface area contributed by atoms with Gasteiger partial charge in [-0.2, -0.15) is 15.0 Å². The fourth-order valence-corrected chi connectivity index (χ4v) is 2.54. The van der Waals surface area contributed by atoms with Crippen LogP contribution in [0.1, 0.15) is 24.2 Å². The molecule has 8 nitrogen and oxygen atoms in total. The van der Waals surface area contributed by atoms with Gasteiger partial charge in [0.05, 0.1) is 20.1 Å². The van der Waals surface area contributed by atoms with Gasteiger partial charge in [-0.25, -0.2) is 0 Å². The van der Waals surface area contributed by atoms with Crippen molar-refractivity contribution in [2.75, 3.05) is 25.1 Å². The number of nitrogens with one attached hydrogen (secondary N) is 1. The molecule has 3 rings (SSSR count). The normalized spacial score (nSPS) is 13.8. The van der Waals surface area contributed by atoms with Crippen molar-refractivity contribution in [1.82, 2.24) is 25.3 Å². The second-order valence-electron chi connectivity index (χ2n) is 5.55. The molecule has 0 radical (unpaired) electrons. The number of hydrogen-bond acceptors (Lipinski definition) is 7. The van der Waals surface area contributed by atoms with Gasteiger partial charge in [-0.3, -0.25) is 9.78 Å². The van der Waals surface area contributed by atoms with Crippen molar-refractivity contribution in [1.29, 1.82) is 0 Å². The third kappa shape index (κ3) is 4.15. The second-order valence-corrected chi connectivity index (χ2v) is 5.55. The number of aromatic nitrogens is 4. The number of anilines is 1. The first-order chi connectivity index (χ1) is 11.7. The van der Waals surface area contributed by atoms with Gasteiger partial charge in [0, 0.05) is 25.5 Å². The molecule has 3 heterocycles. The Kier molecular flexibility index (Phi) is 5.15. The third-order valence-electron chi connectivity index (χ3n) is 3.75. The molecular weight excluding hydrogens is 308 g/mol. The van der Waals surface area contributed by atoms with Crippen molar-refractivity contribution in [3.05, 3.63) is 35.9 Å². The van der Waals surface area contributed by atoms with Crippen molar-refractivity contribution in [3.63, 3.8) is 0 Å². The van der Waals surface area contributed by atoms with E-state index < -0.39 is 0 Å². The lowest BCUT2D eigenvalue weighted by Crippen LogP contribution is -2.27. The number of rotatable bonds is 6. The first-order valence-electron chi connectivity index (χ1n) is 7.94. The molecule has 1 N–H and O–H groups in total. The minimum Gasteiger partial charge on any atom is -0.467 e. The van der Waals surface area contributed by atoms with Gasteiger partial charge in [0.2, 0.25) is 11.9 Å². The van der Waals surface area contributed by atoms with E-state index in [1.807, 2.05) is 12.1 Å². The molecule has 0 atom stereocenters. The van der Waals surface area contributed by atoms with Gasteiger partial charge in [0.1, 0.15) is 0 Å². The Labute approximate surface area is 140 Å². The van der Waals surface area contributed by atoms with Gasteiger partial charge in [-0.05, 0) is 24.5 Å². The molecule has 2 aromatic rings. The zero-order valence-corrected chi connectivity index (χ0v) is 13.6. The van der Waals surface area contributed by atoms with Crippen LogP contribution >= 0.6 is 0 Å². The lowest BCUT2D eigenvalue weighted by molar-refractivity contribution is -0.120. The molecule has 0 spiro atoms. The molecule has 8 heteroatoms. The van der Waals surface area contributed by atoms with Crippen LogP contribution in [0.4, 0.5) is 5.95 Å². The molecule has 126 valence electrons. The lowest BCUT2D eigenvalue weighted by Gasteiger charge is -2.16. The van der Waals surface area contributed by atoms with Crippen molar-refractivity contribution < 1.29 is 9.53 Å². The molecule has 1 aliphatic rings. The summed E-state index contributed by atoms with van der Waals surface area (Å²) in [7, 11) is 1.52. The van der Waals surface area contributed by atoms with Crippen LogP contribution in [0.3, 0.4) is 0 Å². The van der Waals surface area contributed by atoms with Crippen molar-refractivity contribution in [2.24, 2.45) is 0 Å². The molecule has 2 aromatic heterocycles. The molecule has 0 unspecified atom stereocenters. The van der Waals surface area contributed by atoms with E-state index in [0.29, 0.717) is 11.8 Å². The van der Waals surface area contributed by atoms with Crippen LogP contribution in [-0.4, -0.2) is 46.0 Å². The predicted octanol–water partition coefficient (Wildman–Crippen LogP) is 0.734. The highest BCUT2D eigenvalue weighted by atomic mass is 16.5. The fraction of sp³-hybridized carbons (Fsp3) is 0.438. The van der Waals surface area contributed by atoms with Crippen LogP contribution in [0.25, 0.3) is 0 Å². The van der Waals surface area contributed by atoms with Gasteiger partial charge in [-0.15, -0.1) is 0 Å². The highest BCUT2D eigenvalue weighted by Gasteiger charge is 2.17. The summed E-state index contributed by atoms with van der Waals surface area (Å²) < 4.78 is 5.15. The number of nitrogens with zero attached hydrogens (tertiary/aromatic N) is 5. The summed E-state index contributed by atoms with van der Waals surface area (Å²) in [5.74, 6) is 0.990. The third-order valence-corrected chi connectivity index (χ3v) is 3.75. The summed E-state index contributed by atoms with van der Waals surface area (Å²) in [6.45, 7) is 2.10. The van der Waals surface area contributed by atoms with Gasteiger partial charge < -0.3 is 15.0 Å². The average molecular weight is 328 g/mol. The number of amides is 1. The molecule has 1 aliphatic heterocycles. The van der Waals surface area contributed by atoms with Crippen LogP contribution < -0.4 is 15.0 Å². The fourth-order valence-electron chi connectivity index (χ4n) is 2.54. The van der Waals surface area contributed by atoms with E-state index >= 15 is 0 Å². The number of carbonyl (C=O) groups excluding carboxylic acids is 1. The summed E-state index contributed by atoms with van der Waals surface area (Å²) in [6.07, 6.45) is 5.89.